The van der Waals surface area contributed by atoms with Gasteiger partial charge in [-0.05, 0) is 55.3 Å². The maximum Gasteiger partial charge on any atom is 0.243 e. The van der Waals surface area contributed by atoms with Crippen molar-refractivity contribution in [1.29, 1.82) is 0 Å². The number of hydrogen-bond acceptors (Lipinski definition) is 5. The van der Waals surface area contributed by atoms with Crippen molar-refractivity contribution in [3.05, 3.63) is 48.6 Å². The fourth-order valence-corrected chi connectivity index (χ4v) is 5.97. The standard InChI is InChI=1S/C27H34N2O5/c1-16-11-12-19-18-8-3-2-4-10-23(32)28-14-13-22(31)25-26(33)24(27(34)29-25)21(30)9-6-5-7-17(18)15-20(16)19/h2-5,7,10-12,16-20,22,24-25,31H,6,8-9,13-15H2,1H3,(H,28,32)(H,29,34)/b3-2-,7-5+,10-4+/t16-,17+,18-,19+,20+,22-,24?,25-/m0/s1. The largest absolute Gasteiger partial charge is 0.390 e. The Balaban J connectivity index is 1.50. The van der Waals surface area contributed by atoms with Gasteiger partial charge in [-0.25, -0.2) is 0 Å². The Kier molecular flexibility index (Phi) is 7.61. The number of aliphatic hydroxyl groups excluding tert-OH is 1. The number of allylic oxidation sites excluding steroid dienone is 7. The van der Waals surface area contributed by atoms with Crippen molar-refractivity contribution in [3.63, 3.8) is 0 Å². The number of hydrogen-bond donors (Lipinski definition) is 3. The molecule has 4 rings (SSSR count). The van der Waals surface area contributed by atoms with Crippen LogP contribution in [0.2, 0.25) is 0 Å². The van der Waals surface area contributed by atoms with E-state index in [2.05, 4.69) is 41.9 Å². The highest BCUT2D eigenvalue weighted by molar-refractivity contribution is 6.24. The van der Waals surface area contributed by atoms with Gasteiger partial charge >= 0.3 is 0 Å². The van der Waals surface area contributed by atoms with Gasteiger partial charge in [0.25, 0.3) is 0 Å². The molecule has 4 aliphatic rings. The predicted molar refractivity (Wildman–Crippen MR) is 127 cm³/mol. The number of carbonyl (C=O) groups excluding carboxylic acids is 4. The molecule has 2 aliphatic carbocycles. The third-order valence-electron chi connectivity index (χ3n) is 7.84. The molecule has 2 amide bonds. The zero-order valence-electron chi connectivity index (χ0n) is 19.6. The molecule has 34 heavy (non-hydrogen) atoms. The maximum atomic E-state index is 12.7. The number of Topliss-reactive ketones (excluding diaryl/α,β-unsaturated/α-hetero) is 2. The normalized spacial score (nSPS) is 41.8. The van der Waals surface area contributed by atoms with E-state index >= 15 is 0 Å². The van der Waals surface area contributed by atoms with Crippen LogP contribution in [0.5, 0.6) is 0 Å². The highest BCUT2D eigenvalue weighted by atomic mass is 16.3. The van der Waals surface area contributed by atoms with Gasteiger partial charge in [0.2, 0.25) is 11.8 Å². The number of fused-ring (bicyclic) bond motifs is 5. The van der Waals surface area contributed by atoms with E-state index in [1.54, 1.807) is 6.08 Å². The van der Waals surface area contributed by atoms with Gasteiger partial charge in [-0.1, -0.05) is 49.5 Å². The number of ketones is 2. The van der Waals surface area contributed by atoms with Crippen molar-refractivity contribution in [3.8, 4) is 0 Å². The molecule has 0 radical (unpaired) electrons. The lowest BCUT2D eigenvalue weighted by molar-refractivity contribution is -0.136. The van der Waals surface area contributed by atoms with E-state index < -0.39 is 35.5 Å². The second-order valence-electron chi connectivity index (χ2n) is 9.97. The molecule has 2 fully saturated rings. The second kappa shape index (κ2) is 10.6. The Morgan fingerprint density at radius 3 is 2.65 bits per heavy atom. The average Bonchev–Trinajstić information content (AvgIpc) is 3.43. The molecular formula is C27H34N2O5. The molecular weight excluding hydrogens is 432 g/mol. The molecule has 1 unspecified atom stereocenters. The minimum Gasteiger partial charge on any atom is -0.390 e. The van der Waals surface area contributed by atoms with Crippen molar-refractivity contribution in [2.24, 2.45) is 35.5 Å². The molecule has 1 saturated heterocycles. The Labute approximate surface area is 200 Å². The minimum atomic E-state index is -1.36. The fourth-order valence-electron chi connectivity index (χ4n) is 5.97. The monoisotopic (exact) mass is 466 g/mol. The van der Waals surface area contributed by atoms with E-state index in [0.717, 1.165) is 12.8 Å². The molecule has 0 spiro atoms. The molecule has 2 aliphatic heterocycles. The summed E-state index contributed by atoms with van der Waals surface area (Å²) in [4.78, 5) is 49.7. The Morgan fingerprint density at radius 2 is 1.82 bits per heavy atom. The fraction of sp³-hybridized carbons (Fsp3) is 0.556. The molecule has 0 aromatic carbocycles. The SMILES string of the molecule is C[C@H]1C=C[C@@H]2[C@H]3C/C=C\C=C\C(=O)NCC[C@H](O)[C@@H]4NC(=O)C(C(=O)CC/C=C/[C@@H]3C[C@@H]21)C4=O. The van der Waals surface area contributed by atoms with Crippen LogP contribution in [-0.4, -0.2) is 47.2 Å². The summed E-state index contributed by atoms with van der Waals surface area (Å²) < 4.78 is 0. The molecule has 2 heterocycles. The van der Waals surface area contributed by atoms with Crippen molar-refractivity contribution >= 4 is 23.4 Å². The zero-order valence-corrected chi connectivity index (χ0v) is 19.6. The summed E-state index contributed by atoms with van der Waals surface area (Å²) >= 11 is 0. The maximum absolute atomic E-state index is 12.7. The first-order chi connectivity index (χ1) is 16.4. The number of rotatable bonds is 0. The van der Waals surface area contributed by atoms with E-state index in [1.807, 2.05) is 12.2 Å². The number of amides is 2. The quantitative estimate of drug-likeness (QED) is 0.374. The van der Waals surface area contributed by atoms with Crippen molar-refractivity contribution in [1.82, 2.24) is 10.6 Å². The molecule has 2 bridgehead atoms. The van der Waals surface area contributed by atoms with E-state index in [0.29, 0.717) is 36.0 Å². The van der Waals surface area contributed by atoms with Crippen LogP contribution in [0.15, 0.2) is 48.6 Å². The molecule has 0 aromatic heterocycles. The van der Waals surface area contributed by atoms with Crippen LogP contribution < -0.4 is 10.6 Å². The van der Waals surface area contributed by atoms with Gasteiger partial charge in [0.05, 0.1) is 6.10 Å². The molecule has 3 N–H and O–H groups in total. The summed E-state index contributed by atoms with van der Waals surface area (Å²) in [5, 5.41) is 15.5. The summed E-state index contributed by atoms with van der Waals surface area (Å²) in [7, 11) is 0. The Hall–Kier alpha value is -2.80. The highest BCUT2D eigenvalue weighted by Gasteiger charge is 2.47. The molecule has 7 nitrogen and oxygen atoms in total. The average molecular weight is 467 g/mol. The van der Waals surface area contributed by atoms with Crippen LogP contribution >= 0.6 is 0 Å². The topological polar surface area (TPSA) is 113 Å². The summed E-state index contributed by atoms with van der Waals surface area (Å²) in [6.45, 7) is 2.41. The summed E-state index contributed by atoms with van der Waals surface area (Å²) in [6, 6.07) is -1.12. The lowest BCUT2D eigenvalue weighted by Gasteiger charge is -2.20. The van der Waals surface area contributed by atoms with E-state index in [9.17, 15) is 24.3 Å². The third-order valence-corrected chi connectivity index (χ3v) is 7.84. The van der Waals surface area contributed by atoms with Crippen molar-refractivity contribution in [2.75, 3.05) is 6.54 Å². The third kappa shape index (κ3) is 5.14. The number of aliphatic hydroxyl groups is 1. The zero-order chi connectivity index (χ0) is 24.2. The van der Waals surface area contributed by atoms with Gasteiger partial charge in [0.1, 0.15) is 6.04 Å². The highest BCUT2D eigenvalue weighted by Crippen LogP contribution is 2.51. The van der Waals surface area contributed by atoms with Crippen LogP contribution in [0.1, 0.15) is 39.0 Å². The van der Waals surface area contributed by atoms with Gasteiger partial charge in [-0.2, -0.15) is 0 Å². The molecule has 182 valence electrons. The van der Waals surface area contributed by atoms with E-state index in [4.69, 9.17) is 0 Å². The smallest absolute Gasteiger partial charge is 0.243 e. The van der Waals surface area contributed by atoms with Crippen molar-refractivity contribution < 1.29 is 24.3 Å². The number of carbonyl (C=O) groups is 4. The summed E-state index contributed by atoms with van der Waals surface area (Å²) in [6.07, 6.45) is 17.6. The molecule has 8 atom stereocenters. The lowest BCUT2D eigenvalue weighted by Crippen LogP contribution is -2.42. The molecule has 0 aromatic rings. The first-order valence-electron chi connectivity index (χ1n) is 12.4. The first kappa shape index (κ1) is 24.3. The minimum absolute atomic E-state index is 0.0906. The van der Waals surface area contributed by atoms with Crippen LogP contribution in [0.4, 0.5) is 0 Å². The van der Waals surface area contributed by atoms with Crippen molar-refractivity contribution in [2.45, 2.75) is 51.2 Å². The Morgan fingerprint density at radius 1 is 1.00 bits per heavy atom. The molecule has 7 heteroatoms. The van der Waals surface area contributed by atoms with Gasteiger partial charge in [-0.15, -0.1) is 0 Å². The van der Waals surface area contributed by atoms with Gasteiger partial charge < -0.3 is 15.7 Å². The van der Waals surface area contributed by atoms with E-state index in [1.165, 1.54) is 6.08 Å². The van der Waals surface area contributed by atoms with Gasteiger partial charge in [-0.3, -0.25) is 19.2 Å². The second-order valence-corrected chi connectivity index (χ2v) is 9.97. The van der Waals surface area contributed by atoms with E-state index in [-0.39, 0.29) is 25.3 Å². The van der Waals surface area contributed by atoms with Crippen LogP contribution in [0.25, 0.3) is 0 Å². The van der Waals surface area contributed by atoms with Gasteiger partial charge in [0.15, 0.2) is 17.5 Å². The molecule has 1 saturated carbocycles. The summed E-state index contributed by atoms with van der Waals surface area (Å²) in [5.41, 5.74) is 0. The number of nitrogens with one attached hydrogen (secondary N) is 2. The lowest BCUT2D eigenvalue weighted by atomic mass is 9.85. The predicted octanol–water partition coefficient (Wildman–Crippen LogP) is 2.03. The summed E-state index contributed by atoms with van der Waals surface area (Å²) in [5.74, 6) is -0.703. The Bertz CT molecular complexity index is 949. The van der Waals surface area contributed by atoms with Crippen LogP contribution in [0.3, 0.4) is 0 Å². The van der Waals surface area contributed by atoms with Gasteiger partial charge in [0, 0.05) is 19.0 Å². The first-order valence-corrected chi connectivity index (χ1v) is 12.4. The van der Waals surface area contributed by atoms with Crippen LogP contribution in [0, 0.1) is 35.5 Å². The van der Waals surface area contributed by atoms with Crippen LogP contribution in [-0.2, 0) is 19.2 Å².